The summed E-state index contributed by atoms with van der Waals surface area (Å²) in [6.07, 6.45) is 3.23. The van der Waals surface area contributed by atoms with E-state index < -0.39 is 0 Å². The molecule has 1 aliphatic rings. The Hall–Kier alpha value is -1.34. The standard InChI is InChI=1S/C16H21N3O2S2/c1-8(2)21-12(20)7-22-16-18-14(17)13-10-5-4-9(3)6-11(10)23-15(13)19-16/h8-9H,4-7H2,1-3H3,(H2,17,18,19). The van der Waals surface area contributed by atoms with Crippen LogP contribution in [-0.4, -0.2) is 27.8 Å². The average molecular weight is 351 g/mol. The molecule has 0 aromatic carbocycles. The third kappa shape index (κ3) is 3.61. The van der Waals surface area contributed by atoms with Crippen molar-refractivity contribution < 1.29 is 9.53 Å². The maximum Gasteiger partial charge on any atom is 0.316 e. The van der Waals surface area contributed by atoms with Gasteiger partial charge in [-0.2, -0.15) is 0 Å². The molecule has 0 spiro atoms. The SMILES string of the molecule is CC1CCc2c(sc3nc(SCC(=O)OC(C)C)nc(N)c23)C1. The molecule has 0 aliphatic heterocycles. The van der Waals surface area contributed by atoms with Crippen LogP contribution < -0.4 is 5.73 Å². The van der Waals surface area contributed by atoms with Crippen LogP contribution in [0.25, 0.3) is 10.2 Å². The lowest BCUT2D eigenvalue weighted by molar-refractivity contribution is -0.144. The highest BCUT2D eigenvalue weighted by Crippen LogP contribution is 2.39. The molecule has 1 unspecified atom stereocenters. The van der Waals surface area contributed by atoms with Crippen LogP contribution in [0.5, 0.6) is 0 Å². The Bertz CT molecular complexity index is 742. The number of hydrogen-bond acceptors (Lipinski definition) is 7. The van der Waals surface area contributed by atoms with Crippen molar-refractivity contribution >= 4 is 45.1 Å². The first-order valence-electron chi connectivity index (χ1n) is 7.84. The molecule has 2 heterocycles. The van der Waals surface area contributed by atoms with Crippen LogP contribution in [0.15, 0.2) is 5.16 Å². The molecule has 3 rings (SSSR count). The second-order valence-electron chi connectivity index (χ2n) is 6.25. The van der Waals surface area contributed by atoms with Gasteiger partial charge < -0.3 is 10.5 Å². The summed E-state index contributed by atoms with van der Waals surface area (Å²) in [6.45, 7) is 5.95. The first kappa shape index (κ1) is 16.5. The number of hydrogen-bond donors (Lipinski definition) is 1. The van der Waals surface area contributed by atoms with Crippen LogP contribution >= 0.6 is 23.1 Å². The summed E-state index contributed by atoms with van der Waals surface area (Å²) in [7, 11) is 0. The zero-order valence-corrected chi connectivity index (χ0v) is 15.2. The summed E-state index contributed by atoms with van der Waals surface area (Å²) in [6, 6.07) is 0. The van der Waals surface area contributed by atoms with Crippen molar-refractivity contribution in [3.63, 3.8) is 0 Å². The largest absolute Gasteiger partial charge is 0.462 e. The first-order valence-corrected chi connectivity index (χ1v) is 9.64. The number of aromatic nitrogens is 2. The number of carbonyl (C=O) groups is 1. The smallest absolute Gasteiger partial charge is 0.316 e. The van der Waals surface area contributed by atoms with E-state index in [1.807, 2.05) is 13.8 Å². The van der Waals surface area contributed by atoms with Crippen LogP contribution in [0.3, 0.4) is 0 Å². The summed E-state index contributed by atoms with van der Waals surface area (Å²) in [4.78, 5) is 23.0. The van der Waals surface area contributed by atoms with Gasteiger partial charge in [0.15, 0.2) is 5.16 Å². The van der Waals surface area contributed by atoms with E-state index in [0.29, 0.717) is 16.9 Å². The number of esters is 1. The zero-order chi connectivity index (χ0) is 16.6. The average Bonchev–Trinajstić information content (AvgIpc) is 2.82. The number of rotatable bonds is 4. The topological polar surface area (TPSA) is 78.1 Å². The Kier molecular flexibility index (Phi) is 4.77. The Morgan fingerprint density at radius 3 is 3.00 bits per heavy atom. The zero-order valence-electron chi connectivity index (χ0n) is 13.6. The molecule has 124 valence electrons. The fraction of sp³-hybridized carbons (Fsp3) is 0.562. The normalized spacial score (nSPS) is 17.5. The van der Waals surface area contributed by atoms with Crippen molar-refractivity contribution in [1.29, 1.82) is 0 Å². The maximum atomic E-state index is 11.6. The van der Waals surface area contributed by atoms with Crippen LogP contribution in [0, 0.1) is 5.92 Å². The summed E-state index contributed by atoms with van der Waals surface area (Å²) in [5.41, 5.74) is 7.50. The number of aryl methyl sites for hydroxylation is 1. The minimum atomic E-state index is -0.258. The van der Waals surface area contributed by atoms with Crippen LogP contribution in [0.4, 0.5) is 5.82 Å². The lowest BCUT2D eigenvalue weighted by Gasteiger charge is -2.17. The molecular weight excluding hydrogens is 330 g/mol. The van der Waals surface area contributed by atoms with E-state index in [-0.39, 0.29) is 17.8 Å². The molecule has 5 nitrogen and oxygen atoms in total. The molecule has 1 aliphatic carbocycles. The van der Waals surface area contributed by atoms with Gasteiger partial charge in [-0.25, -0.2) is 9.97 Å². The van der Waals surface area contributed by atoms with Gasteiger partial charge in [-0.3, -0.25) is 4.79 Å². The van der Waals surface area contributed by atoms with E-state index in [1.54, 1.807) is 11.3 Å². The number of fused-ring (bicyclic) bond motifs is 3. The van der Waals surface area contributed by atoms with Crippen LogP contribution in [0.2, 0.25) is 0 Å². The van der Waals surface area contributed by atoms with Crippen LogP contribution in [0.1, 0.15) is 37.6 Å². The van der Waals surface area contributed by atoms with E-state index in [9.17, 15) is 4.79 Å². The number of thiophene rings is 1. The summed E-state index contributed by atoms with van der Waals surface area (Å²) in [5.74, 6) is 1.18. The van der Waals surface area contributed by atoms with Crippen LogP contribution in [-0.2, 0) is 22.4 Å². The van der Waals surface area contributed by atoms with Gasteiger partial charge in [0, 0.05) is 4.88 Å². The molecule has 0 bridgehead atoms. The predicted molar refractivity (Wildman–Crippen MR) is 95.0 cm³/mol. The maximum absolute atomic E-state index is 11.6. The van der Waals surface area contributed by atoms with Gasteiger partial charge in [0.05, 0.1) is 17.2 Å². The predicted octanol–water partition coefficient (Wildman–Crippen LogP) is 3.44. The van der Waals surface area contributed by atoms with E-state index >= 15 is 0 Å². The monoisotopic (exact) mass is 351 g/mol. The van der Waals surface area contributed by atoms with Gasteiger partial charge in [-0.05, 0) is 44.6 Å². The van der Waals surface area contributed by atoms with E-state index in [2.05, 4.69) is 16.9 Å². The molecule has 0 radical (unpaired) electrons. The molecule has 0 amide bonds. The number of nitrogen functional groups attached to an aromatic ring is 1. The number of anilines is 1. The molecule has 23 heavy (non-hydrogen) atoms. The third-order valence-electron chi connectivity index (χ3n) is 3.85. The van der Waals surface area contributed by atoms with Gasteiger partial charge >= 0.3 is 5.97 Å². The first-order chi connectivity index (χ1) is 10.9. The molecule has 7 heteroatoms. The van der Waals surface area contributed by atoms with E-state index in [4.69, 9.17) is 10.5 Å². The lowest BCUT2D eigenvalue weighted by atomic mass is 9.89. The minimum Gasteiger partial charge on any atom is -0.462 e. The number of carbonyl (C=O) groups excluding carboxylic acids is 1. The summed E-state index contributed by atoms with van der Waals surface area (Å²) in [5, 5.41) is 1.56. The van der Waals surface area contributed by atoms with Crippen molar-refractivity contribution in [2.75, 3.05) is 11.5 Å². The fourth-order valence-electron chi connectivity index (χ4n) is 2.84. The molecular formula is C16H21N3O2S2. The molecule has 0 fully saturated rings. The van der Waals surface area contributed by atoms with Crippen molar-refractivity contribution in [3.8, 4) is 0 Å². The molecule has 1 atom stereocenters. The van der Waals surface area contributed by atoms with Gasteiger partial charge in [-0.1, -0.05) is 18.7 Å². The Morgan fingerprint density at radius 1 is 1.48 bits per heavy atom. The molecule has 2 aromatic heterocycles. The number of nitrogens with zero attached hydrogens (tertiary/aromatic N) is 2. The van der Waals surface area contributed by atoms with Crippen molar-refractivity contribution in [2.24, 2.45) is 5.92 Å². The minimum absolute atomic E-state index is 0.109. The summed E-state index contributed by atoms with van der Waals surface area (Å²) >= 11 is 2.99. The van der Waals surface area contributed by atoms with Gasteiger partial charge in [-0.15, -0.1) is 11.3 Å². The number of thioether (sulfide) groups is 1. The number of ether oxygens (including phenoxy) is 1. The van der Waals surface area contributed by atoms with Crippen molar-refractivity contribution in [2.45, 2.75) is 51.3 Å². The Balaban J connectivity index is 1.83. The van der Waals surface area contributed by atoms with Gasteiger partial charge in [0.1, 0.15) is 10.6 Å². The quantitative estimate of drug-likeness (QED) is 0.516. The highest BCUT2D eigenvalue weighted by Gasteiger charge is 2.23. The Morgan fingerprint density at radius 2 is 2.26 bits per heavy atom. The summed E-state index contributed by atoms with van der Waals surface area (Å²) < 4.78 is 5.12. The van der Waals surface area contributed by atoms with Crippen molar-refractivity contribution in [3.05, 3.63) is 10.4 Å². The van der Waals surface area contributed by atoms with Crippen molar-refractivity contribution in [1.82, 2.24) is 9.97 Å². The second kappa shape index (κ2) is 6.65. The lowest BCUT2D eigenvalue weighted by Crippen LogP contribution is -2.13. The molecule has 0 saturated heterocycles. The van der Waals surface area contributed by atoms with E-state index in [1.165, 1.54) is 28.6 Å². The van der Waals surface area contributed by atoms with E-state index in [0.717, 1.165) is 23.1 Å². The molecule has 2 N–H and O–H groups in total. The Labute approximate surface area is 144 Å². The second-order valence-corrected chi connectivity index (χ2v) is 8.28. The van der Waals surface area contributed by atoms with Gasteiger partial charge in [0.2, 0.25) is 0 Å². The highest BCUT2D eigenvalue weighted by molar-refractivity contribution is 7.99. The third-order valence-corrected chi connectivity index (χ3v) is 5.82. The number of nitrogens with two attached hydrogens (primary N) is 1. The van der Waals surface area contributed by atoms with Gasteiger partial charge in [0.25, 0.3) is 0 Å². The highest BCUT2D eigenvalue weighted by atomic mass is 32.2. The molecule has 2 aromatic rings. The molecule has 0 saturated carbocycles. The fourth-order valence-corrected chi connectivity index (χ4v) is 4.92.